The second kappa shape index (κ2) is 5.07. The van der Waals surface area contributed by atoms with Crippen LogP contribution in [0.25, 0.3) is 0 Å². The molecule has 0 spiro atoms. The Kier molecular flexibility index (Phi) is 4.03. The van der Waals surface area contributed by atoms with Crippen LogP contribution in [0, 0.1) is 13.8 Å². The summed E-state index contributed by atoms with van der Waals surface area (Å²) in [5.74, 6) is 0.695. The summed E-state index contributed by atoms with van der Waals surface area (Å²) in [5, 5.41) is 3.25. The first-order valence-electron chi connectivity index (χ1n) is 5.31. The third-order valence-electron chi connectivity index (χ3n) is 2.08. The highest BCUT2D eigenvalue weighted by molar-refractivity contribution is 5.28. The Morgan fingerprint density at radius 2 is 1.80 bits per heavy atom. The Hall–Kier alpha value is -1.16. The number of aryl methyl sites for hydroxylation is 2. The smallest absolute Gasteiger partial charge is 0.223 e. The molecular formula is C11H20N4. The van der Waals surface area contributed by atoms with E-state index in [0.717, 1.165) is 17.8 Å². The van der Waals surface area contributed by atoms with E-state index in [0.29, 0.717) is 12.0 Å². The molecule has 15 heavy (non-hydrogen) atoms. The van der Waals surface area contributed by atoms with Gasteiger partial charge < -0.3 is 11.1 Å². The fourth-order valence-electron chi connectivity index (χ4n) is 1.63. The summed E-state index contributed by atoms with van der Waals surface area (Å²) in [6.45, 7) is 8.02. The molecule has 1 aromatic rings. The molecular weight excluding hydrogens is 188 g/mol. The lowest BCUT2D eigenvalue weighted by Crippen LogP contribution is -2.27. The average Bonchev–Trinajstić information content (AvgIpc) is 1.98. The summed E-state index contributed by atoms with van der Waals surface area (Å²) in [4.78, 5) is 8.64. The van der Waals surface area contributed by atoms with Gasteiger partial charge in [0.15, 0.2) is 0 Å². The molecule has 4 nitrogen and oxygen atoms in total. The van der Waals surface area contributed by atoms with Crippen molar-refractivity contribution in [3.05, 3.63) is 17.5 Å². The van der Waals surface area contributed by atoms with Gasteiger partial charge in [0.2, 0.25) is 5.95 Å². The predicted molar refractivity (Wildman–Crippen MR) is 62.9 cm³/mol. The van der Waals surface area contributed by atoms with Gasteiger partial charge in [-0.25, -0.2) is 9.97 Å². The van der Waals surface area contributed by atoms with Crippen LogP contribution in [0.5, 0.6) is 0 Å². The summed E-state index contributed by atoms with van der Waals surface area (Å²) >= 11 is 0. The van der Waals surface area contributed by atoms with Gasteiger partial charge in [-0.15, -0.1) is 0 Å². The molecule has 0 aliphatic heterocycles. The van der Waals surface area contributed by atoms with E-state index in [1.165, 1.54) is 0 Å². The van der Waals surface area contributed by atoms with Crippen molar-refractivity contribution in [1.29, 1.82) is 0 Å². The van der Waals surface area contributed by atoms with Crippen molar-refractivity contribution in [2.75, 3.05) is 5.32 Å². The lowest BCUT2D eigenvalue weighted by atomic mass is 10.1. The number of nitrogens with one attached hydrogen (secondary N) is 1. The molecule has 2 atom stereocenters. The Bertz CT molecular complexity index is 302. The Balaban J connectivity index is 2.63. The molecule has 0 saturated heterocycles. The normalized spacial score (nSPS) is 14.7. The van der Waals surface area contributed by atoms with Crippen LogP contribution in [-0.2, 0) is 0 Å². The molecule has 0 aliphatic rings. The van der Waals surface area contributed by atoms with Crippen molar-refractivity contribution < 1.29 is 0 Å². The first-order valence-corrected chi connectivity index (χ1v) is 5.31. The lowest BCUT2D eigenvalue weighted by Gasteiger charge is -2.16. The molecule has 1 aromatic heterocycles. The fourth-order valence-corrected chi connectivity index (χ4v) is 1.63. The zero-order valence-electron chi connectivity index (χ0n) is 9.91. The van der Waals surface area contributed by atoms with E-state index in [9.17, 15) is 0 Å². The molecule has 0 fully saturated rings. The molecule has 1 rings (SSSR count). The standard InChI is InChI=1S/C11H20N4/c1-7(12)5-8(2)13-11-14-9(3)6-10(4)15-11/h6-8H,5,12H2,1-4H3,(H,13,14,15). The van der Waals surface area contributed by atoms with Gasteiger partial charge in [-0.1, -0.05) is 0 Å². The van der Waals surface area contributed by atoms with Crippen molar-refractivity contribution in [3.63, 3.8) is 0 Å². The maximum Gasteiger partial charge on any atom is 0.223 e. The van der Waals surface area contributed by atoms with Crippen molar-refractivity contribution in [2.45, 2.75) is 46.2 Å². The zero-order valence-corrected chi connectivity index (χ0v) is 9.91. The minimum atomic E-state index is 0.193. The number of rotatable bonds is 4. The van der Waals surface area contributed by atoms with Gasteiger partial charge >= 0.3 is 0 Å². The van der Waals surface area contributed by atoms with Gasteiger partial charge in [0, 0.05) is 23.5 Å². The SMILES string of the molecule is Cc1cc(C)nc(NC(C)CC(C)N)n1. The molecule has 0 saturated carbocycles. The van der Waals surface area contributed by atoms with Crippen molar-refractivity contribution >= 4 is 5.95 Å². The third-order valence-corrected chi connectivity index (χ3v) is 2.08. The number of hydrogen-bond donors (Lipinski definition) is 2. The number of nitrogens with two attached hydrogens (primary N) is 1. The van der Waals surface area contributed by atoms with E-state index < -0.39 is 0 Å². The van der Waals surface area contributed by atoms with Crippen LogP contribution in [0.1, 0.15) is 31.7 Å². The zero-order chi connectivity index (χ0) is 11.4. The summed E-state index contributed by atoms with van der Waals surface area (Å²) in [6, 6.07) is 2.45. The van der Waals surface area contributed by atoms with Crippen LogP contribution >= 0.6 is 0 Å². The van der Waals surface area contributed by atoms with Crippen LogP contribution < -0.4 is 11.1 Å². The van der Waals surface area contributed by atoms with E-state index in [1.54, 1.807) is 0 Å². The summed E-state index contributed by atoms with van der Waals surface area (Å²) < 4.78 is 0. The Morgan fingerprint density at radius 3 is 2.27 bits per heavy atom. The maximum atomic E-state index is 5.73. The molecule has 3 N–H and O–H groups in total. The molecule has 84 valence electrons. The van der Waals surface area contributed by atoms with E-state index in [2.05, 4.69) is 22.2 Å². The minimum Gasteiger partial charge on any atom is -0.352 e. The number of hydrogen-bond acceptors (Lipinski definition) is 4. The number of anilines is 1. The van der Waals surface area contributed by atoms with Gasteiger partial charge in [-0.05, 0) is 40.2 Å². The van der Waals surface area contributed by atoms with Crippen LogP contribution in [0.2, 0.25) is 0 Å². The highest BCUT2D eigenvalue weighted by Crippen LogP contribution is 2.07. The fraction of sp³-hybridized carbons (Fsp3) is 0.636. The summed E-state index contributed by atoms with van der Waals surface area (Å²) in [7, 11) is 0. The monoisotopic (exact) mass is 208 g/mol. The van der Waals surface area contributed by atoms with E-state index in [1.807, 2.05) is 26.8 Å². The minimum absolute atomic E-state index is 0.193. The van der Waals surface area contributed by atoms with E-state index in [-0.39, 0.29) is 6.04 Å². The Morgan fingerprint density at radius 1 is 1.27 bits per heavy atom. The van der Waals surface area contributed by atoms with Crippen molar-refractivity contribution in [1.82, 2.24) is 9.97 Å². The van der Waals surface area contributed by atoms with Gasteiger partial charge in [-0.2, -0.15) is 0 Å². The first-order chi connectivity index (χ1) is 6.97. The predicted octanol–water partition coefficient (Wildman–Crippen LogP) is 1.63. The van der Waals surface area contributed by atoms with E-state index in [4.69, 9.17) is 5.73 Å². The second-order valence-electron chi connectivity index (χ2n) is 4.23. The molecule has 4 heteroatoms. The van der Waals surface area contributed by atoms with Crippen LogP contribution in [0.15, 0.2) is 6.07 Å². The number of aromatic nitrogens is 2. The molecule has 0 aliphatic carbocycles. The van der Waals surface area contributed by atoms with Gasteiger partial charge in [-0.3, -0.25) is 0 Å². The van der Waals surface area contributed by atoms with Gasteiger partial charge in [0.05, 0.1) is 0 Å². The molecule has 1 heterocycles. The van der Waals surface area contributed by atoms with Crippen molar-refractivity contribution in [3.8, 4) is 0 Å². The van der Waals surface area contributed by atoms with E-state index >= 15 is 0 Å². The second-order valence-corrected chi connectivity index (χ2v) is 4.23. The van der Waals surface area contributed by atoms with Gasteiger partial charge in [0.1, 0.15) is 0 Å². The average molecular weight is 208 g/mol. The summed E-state index contributed by atoms with van der Waals surface area (Å²) in [5.41, 5.74) is 7.69. The Labute approximate surface area is 91.3 Å². The molecule has 0 radical (unpaired) electrons. The van der Waals surface area contributed by atoms with Gasteiger partial charge in [0.25, 0.3) is 0 Å². The quantitative estimate of drug-likeness (QED) is 0.789. The van der Waals surface area contributed by atoms with Crippen LogP contribution in [0.3, 0.4) is 0 Å². The molecule has 2 unspecified atom stereocenters. The topological polar surface area (TPSA) is 63.8 Å². The molecule has 0 amide bonds. The number of nitrogens with zero attached hydrogens (tertiary/aromatic N) is 2. The highest BCUT2D eigenvalue weighted by atomic mass is 15.1. The van der Waals surface area contributed by atoms with Crippen LogP contribution in [0.4, 0.5) is 5.95 Å². The largest absolute Gasteiger partial charge is 0.352 e. The molecule has 0 bridgehead atoms. The summed E-state index contributed by atoms with van der Waals surface area (Å²) in [6.07, 6.45) is 0.913. The van der Waals surface area contributed by atoms with Crippen molar-refractivity contribution in [2.24, 2.45) is 5.73 Å². The lowest BCUT2D eigenvalue weighted by molar-refractivity contribution is 0.601. The first kappa shape index (κ1) is 11.9. The molecule has 0 aromatic carbocycles. The highest BCUT2D eigenvalue weighted by Gasteiger charge is 2.07. The van der Waals surface area contributed by atoms with Crippen LogP contribution in [-0.4, -0.2) is 22.1 Å². The third kappa shape index (κ3) is 4.25. The maximum absolute atomic E-state index is 5.73.